The third-order valence-corrected chi connectivity index (χ3v) is 6.38. The standard InChI is InChI=1S/C21H17F4N5O2S/c1-27-17(31)13-4-3-11(8-15(13)22)30-19(33)29(18(32)20(30)5-2-6-20)12-7-14(21(23,24)25)16(9-26)28-10-12/h3-4,7-8,10,19,33H,2,5-6H2,1H3,(H,27,31)/i1D. The second-order valence-corrected chi connectivity index (χ2v) is 8.11. The summed E-state index contributed by atoms with van der Waals surface area (Å²) in [6, 6.07) is 5.75. The number of thiol groups is 1. The van der Waals surface area contributed by atoms with Crippen LogP contribution in [0.15, 0.2) is 30.5 Å². The second-order valence-electron chi connectivity index (χ2n) is 7.65. The summed E-state index contributed by atoms with van der Waals surface area (Å²) in [5.41, 5.74) is -4.62. The molecule has 2 aromatic rings. The Morgan fingerprint density at radius 1 is 1.36 bits per heavy atom. The van der Waals surface area contributed by atoms with Gasteiger partial charge in [-0.05, 0) is 43.5 Å². The van der Waals surface area contributed by atoms with Crippen molar-refractivity contribution < 1.29 is 28.5 Å². The largest absolute Gasteiger partial charge is 0.419 e. The van der Waals surface area contributed by atoms with Crippen LogP contribution in [0.1, 0.15) is 42.2 Å². The van der Waals surface area contributed by atoms with Gasteiger partial charge in [-0.3, -0.25) is 14.5 Å². The first kappa shape index (κ1) is 21.5. The number of nitrogens with one attached hydrogen (secondary N) is 1. The molecule has 1 atom stereocenters. The Balaban J connectivity index is 1.77. The van der Waals surface area contributed by atoms with Crippen molar-refractivity contribution in [1.82, 2.24) is 10.3 Å². The number of nitriles is 1. The number of nitrogens with zero attached hydrogens (tertiary/aromatic N) is 4. The number of hydrogen-bond donors (Lipinski definition) is 2. The number of anilines is 2. The summed E-state index contributed by atoms with van der Waals surface area (Å²) in [6.45, 7) is 0. The van der Waals surface area contributed by atoms with E-state index in [0.29, 0.717) is 25.3 Å². The van der Waals surface area contributed by atoms with Crippen molar-refractivity contribution in [3.05, 3.63) is 53.1 Å². The normalized spacial score (nSPS) is 19.8. The fourth-order valence-electron chi connectivity index (χ4n) is 4.19. The summed E-state index contributed by atoms with van der Waals surface area (Å²) in [6.07, 6.45) is -2.45. The zero-order valence-corrected chi connectivity index (χ0v) is 17.8. The van der Waals surface area contributed by atoms with E-state index in [9.17, 15) is 27.2 Å². The Morgan fingerprint density at radius 2 is 2.09 bits per heavy atom. The highest BCUT2D eigenvalue weighted by molar-refractivity contribution is 7.81. The van der Waals surface area contributed by atoms with Gasteiger partial charge in [0, 0.05) is 14.1 Å². The van der Waals surface area contributed by atoms with Crippen molar-refractivity contribution in [2.75, 3.05) is 16.8 Å². The van der Waals surface area contributed by atoms with Gasteiger partial charge in [-0.2, -0.15) is 18.4 Å². The number of pyridine rings is 1. The van der Waals surface area contributed by atoms with E-state index < -0.39 is 53.1 Å². The minimum absolute atomic E-state index is 0.197. The molecule has 4 rings (SSSR count). The van der Waals surface area contributed by atoms with Gasteiger partial charge in [-0.1, -0.05) is 0 Å². The minimum Gasteiger partial charge on any atom is -0.355 e. The summed E-state index contributed by atoms with van der Waals surface area (Å²) < 4.78 is 62.1. The van der Waals surface area contributed by atoms with Crippen molar-refractivity contribution in [3.8, 4) is 6.07 Å². The van der Waals surface area contributed by atoms with E-state index in [1.807, 2.05) is 0 Å². The quantitative estimate of drug-likeness (QED) is 0.519. The third-order valence-electron chi connectivity index (χ3n) is 5.92. The molecule has 2 fully saturated rings. The molecule has 1 spiro atoms. The summed E-state index contributed by atoms with van der Waals surface area (Å²) in [7, 11) is -0.435. The lowest BCUT2D eigenvalue weighted by atomic mass is 9.75. The monoisotopic (exact) mass is 480 g/mol. The maximum absolute atomic E-state index is 14.7. The smallest absolute Gasteiger partial charge is 0.355 e. The van der Waals surface area contributed by atoms with E-state index in [0.717, 1.165) is 17.2 Å². The fourth-order valence-corrected chi connectivity index (χ4v) is 4.78. The molecular weight excluding hydrogens is 462 g/mol. The van der Waals surface area contributed by atoms with Crippen molar-refractivity contribution in [3.63, 3.8) is 0 Å². The SMILES string of the molecule is [2H]CNC(=O)c1ccc(N2C(S)N(c3cnc(C#N)c(C(F)(F)F)c3)C(=O)C23CCC3)cc1F. The van der Waals surface area contributed by atoms with Gasteiger partial charge in [0.25, 0.3) is 11.8 Å². The van der Waals surface area contributed by atoms with Crippen LogP contribution in [0.5, 0.6) is 0 Å². The molecule has 172 valence electrons. The first-order chi connectivity index (χ1) is 16.0. The molecule has 33 heavy (non-hydrogen) atoms. The number of hydrogen-bond acceptors (Lipinski definition) is 6. The van der Waals surface area contributed by atoms with Gasteiger partial charge in [0.2, 0.25) is 0 Å². The van der Waals surface area contributed by atoms with Crippen LogP contribution in [0.25, 0.3) is 0 Å². The zero-order chi connectivity index (χ0) is 24.8. The Morgan fingerprint density at radius 3 is 2.64 bits per heavy atom. The highest BCUT2D eigenvalue weighted by Crippen LogP contribution is 2.50. The Kier molecular flexibility index (Phi) is 5.16. The molecule has 0 bridgehead atoms. The van der Waals surface area contributed by atoms with Crippen LogP contribution < -0.4 is 15.1 Å². The van der Waals surface area contributed by atoms with Crippen LogP contribution >= 0.6 is 12.6 Å². The van der Waals surface area contributed by atoms with E-state index >= 15 is 0 Å². The Labute approximate surface area is 192 Å². The van der Waals surface area contributed by atoms with Crippen LogP contribution in [0.4, 0.5) is 28.9 Å². The number of alkyl halides is 3. The summed E-state index contributed by atoms with van der Waals surface area (Å²) >= 11 is 4.49. The van der Waals surface area contributed by atoms with Crippen molar-refractivity contribution in [2.45, 2.75) is 36.5 Å². The second kappa shape index (κ2) is 7.91. The molecular formula is C21H17F4N5O2S. The van der Waals surface area contributed by atoms with Gasteiger partial charge in [0.1, 0.15) is 17.4 Å². The fraction of sp³-hybridized carbons (Fsp3) is 0.333. The topological polar surface area (TPSA) is 89.3 Å². The summed E-state index contributed by atoms with van der Waals surface area (Å²) in [5, 5.41) is 11.2. The van der Waals surface area contributed by atoms with Crippen LogP contribution in [-0.2, 0) is 11.0 Å². The highest BCUT2D eigenvalue weighted by atomic mass is 32.1. The predicted octanol–water partition coefficient (Wildman–Crippen LogP) is 3.46. The maximum atomic E-state index is 14.7. The summed E-state index contributed by atoms with van der Waals surface area (Å²) in [5.74, 6) is -2.18. The van der Waals surface area contributed by atoms with Crippen molar-refractivity contribution in [1.29, 1.82) is 5.26 Å². The third kappa shape index (κ3) is 3.47. The minimum atomic E-state index is -4.87. The van der Waals surface area contributed by atoms with Crippen LogP contribution in [-0.4, -0.2) is 34.9 Å². The lowest BCUT2D eigenvalue weighted by Crippen LogP contribution is -2.55. The van der Waals surface area contributed by atoms with Crippen molar-refractivity contribution >= 4 is 35.8 Å². The van der Waals surface area contributed by atoms with E-state index in [4.69, 9.17) is 6.63 Å². The van der Waals surface area contributed by atoms with Gasteiger partial charge in [-0.25, -0.2) is 9.37 Å². The molecule has 12 heteroatoms. The molecule has 7 nitrogen and oxygen atoms in total. The van der Waals surface area contributed by atoms with Gasteiger partial charge in [-0.15, -0.1) is 12.6 Å². The van der Waals surface area contributed by atoms with Crippen LogP contribution in [0.3, 0.4) is 0 Å². The van der Waals surface area contributed by atoms with Crippen LogP contribution in [0.2, 0.25) is 0 Å². The van der Waals surface area contributed by atoms with Gasteiger partial charge < -0.3 is 10.2 Å². The zero-order valence-electron chi connectivity index (χ0n) is 17.9. The average molecular weight is 480 g/mol. The molecule has 1 saturated heterocycles. The number of halogens is 4. The lowest BCUT2D eigenvalue weighted by Gasteiger charge is -2.44. The molecule has 1 aromatic carbocycles. The predicted molar refractivity (Wildman–Crippen MR) is 113 cm³/mol. The van der Waals surface area contributed by atoms with E-state index in [-0.39, 0.29) is 16.9 Å². The molecule has 1 saturated carbocycles. The van der Waals surface area contributed by atoms with Gasteiger partial charge in [0.05, 0.1) is 23.0 Å². The molecule has 1 aromatic heterocycles. The van der Waals surface area contributed by atoms with E-state index in [2.05, 4.69) is 22.9 Å². The number of benzene rings is 1. The maximum Gasteiger partial charge on any atom is 0.419 e. The molecule has 1 N–H and O–H groups in total. The Bertz CT molecular complexity index is 1210. The molecule has 2 heterocycles. The first-order valence-corrected chi connectivity index (χ1v) is 10.2. The average Bonchev–Trinajstić information content (AvgIpc) is 2.99. The van der Waals surface area contributed by atoms with E-state index in [1.54, 1.807) is 0 Å². The highest BCUT2D eigenvalue weighted by Gasteiger charge is 2.60. The van der Waals surface area contributed by atoms with Crippen LogP contribution in [0, 0.1) is 17.1 Å². The Hall–Kier alpha value is -3.33. The molecule has 0 radical (unpaired) electrons. The molecule has 2 amide bonds. The van der Waals surface area contributed by atoms with Gasteiger partial charge >= 0.3 is 6.18 Å². The molecule has 1 aliphatic heterocycles. The molecule has 2 aliphatic rings. The number of amides is 2. The number of carbonyl (C=O) groups is 2. The lowest BCUT2D eigenvalue weighted by molar-refractivity contribution is -0.138. The van der Waals surface area contributed by atoms with Crippen molar-refractivity contribution in [2.24, 2.45) is 0 Å². The number of carbonyl (C=O) groups excluding carboxylic acids is 2. The van der Waals surface area contributed by atoms with Gasteiger partial charge in [0.15, 0.2) is 11.2 Å². The first-order valence-electron chi connectivity index (χ1n) is 10.4. The summed E-state index contributed by atoms with van der Waals surface area (Å²) in [4.78, 5) is 31.5. The molecule has 1 unspecified atom stereocenters. The van der Waals surface area contributed by atoms with E-state index in [1.165, 1.54) is 23.1 Å². The number of rotatable bonds is 3. The molecule has 1 aliphatic carbocycles. The number of aromatic nitrogens is 1.